The second-order valence-electron chi connectivity index (χ2n) is 4.68. The van der Waals surface area contributed by atoms with Gasteiger partial charge in [0.15, 0.2) is 30.6 Å². The van der Waals surface area contributed by atoms with Crippen LogP contribution in [0.4, 0.5) is 4.39 Å². The van der Waals surface area contributed by atoms with Crippen molar-refractivity contribution in [2.45, 2.75) is 20.0 Å². The van der Waals surface area contributed by atoms with Gasteiger partial charge in [-0.3, -0.25) is 4.79 Å². The summed E-state index contributed by atoms with van der Waals surface area (Å²) in [7, 11) is 0. The number of aromatic nitrogens is 2. The van der Waals surface area contributed by atoms with Gasteiger partial charge in [0.05, 0.1) is 11.4 Å². The predicted molar refractivity (Wildman–Crippen MR) is 78.3 cm³/mol. The fourth-order valence-electron chi connectivity index (χ4n) is 1.79. The number of aliphatic hydroxyl groups is 1. The van der Waals surface area contributed by atoms with Crippen molar-refractivity contribution >= 4 is 6.29 Å². The highest BCUT2D eigenvalue weighted by Gasteiger charge is 2.16. The number of rotatable bonds is 3. The van der Waals surface area contributed by atoms with Gasteiger partial charge in [-0.2, -0.15) is 0 Å². The highest BCUT2D eigenvalue weighted by molar-refractivity contribution is 5.71. The fourth-order valence-corrected chi connectivity index (χ4v) is 1.79. The molecule has 2 aromatic heterocycles. The number of nitrogens with zero attached hydrogens (tertiary/aromatic N) is 2. The Kier molecular flexibility index (Phi) is 5.37. The molecule has 0 bridgehead atoms. The van der Waals surface area contributed by atoms with Gasteiger partial charge in [0, 0.05) is 0 Å². The molecular formula is C16H15FN2O4. The molecule has 0 spiro atoms. The summed E-state index contributed by atoms with van der Waals surface area (Å²) in [4.78, 5) is 17.5. The number of carbonyl (C=O) groups excluding carboxylic acids is 1. The van der Waals surface area contributed by atoms with Gasteiger partial charge in [-0.25, -0.2) is 14.4 Å². The monoisotopic (exact) mass is 318 g/mol. The zero-order chi connectivity index (χ0) is 16.8. The average molecular weight is 318 g/mol. The summed E-state index contributed by atoms with van der Waals surface area (Å²) in [6, 6.07) is 5.62. The first-order chi connectivity index (χ1) is 11.0. The normalized spacial score (nSPS) is 11.5. The standard InChI is InChI=1S/C11H10FNO2.C5H5NO2/c1-7-11(15-6-13-7)10(14)8-2-4-9(12)5-3-8;1-4-5(2-7)8-3-6-4/h2-6,10,14H,1H3;2-3H,1H3. The van der Waals surface area contributed by atoms with Gasteiger partial charge in [0.1, 0.15) is 11.9 Å². The van der Waals surface area contributed by atoms with Crippen molar-refractivity contribution < 1.29 is 23.1 Å². The summed E-state index contributed by atoms with van der Waals surface area (Å²) in [5.41, 5.74) is 1.85. The Morgan fingerprint density at radius 2 is 1.70 bits per heavy atom. The topological polar surface area (TPSA) is 89.4 Å². The zero-order valence-electron chi connectivity index (χ0n) is 12.6. The maximum Gasteiger partial charge on any atom is 0.189 e. The molecule has 0 aliphatic carbocycles. The minimum absolute atomic E-state index is 0.310. The summed E-state index contributed by atoms with van der Waals surface area (Å²) in [6.07, 6.45) is 2.27. The van der Waals surface area contributed by atoms with E-state index in [0.717, 1.165) is 0 Å². The fraction of sp³-hybridized carbons (Fsp3) is 0.188. The van der Waals surface area contributed by atoms with Crippen LogP contribution in [0, 0.1) is 19.7 Å². The molecule has 3 rings (SSSR count). The molecule has 0 aliphatic heterocycles. The lowest BCUT2D eigenvalue weighted by molar-refractivity contribution is 0.110. The van der Waals surface area contributed by atoms with Crippen LogP contribution < -0.4 is 0 Å². The molecule has 1 atom stereocenters. The number of carbonyl (C=O) groups is 1. The third-order valence-corrected chi connectivity index (χ3v) is 3.11. The second kappa shape index (κ2) is 7.46. The van der Waals surface area contributed by atoms with Gasteiger partial charge in [0.25, 0.3) is 0 Å². The van der Waals surface area contributed by atoms with E-state index >= 15 is 0 Å². The van der Waals surface area contributed by atoms with E-state index in [0.29, 0.717) is 34.8 Å². The summed E-state index contributed by atoms with van der Waals surface area (Å²) < 4.78 is 22.3. The number of benzene rings is 1. The molecule has 0 radical (unpaired) electrons. The zero-order valence-corrected chi connectivity index (χ0v) is 12.6. The predicted octanol–water partition coefficient (Wildman–Crippen LogP) is 3.00. The van der Waals surface area contributed by atoms with Crippen LogP contribution in [0.25, 0.3) is 0 Å². The van der Waals surface area contributed by atoms with E-state index < -0.39 is 6.10 Å². The van der Waals surface area contributed by atoms with E-state index in [4.69, 9.17) is 4.42 Å². The van der Waals surface area contributed by atoms with Crippen molar-refractivity contribution in [1.29, 1.82) is 0 Å². The van der Waals surface area contributed by atoms with Crippen molar-refractivity contribution in [3.8, 4) is 0 Å². The maximum absolute atomic E-state index is 12.7. The van der Waals surface area contributed by atoms with E-state index in [-0.39, 0.29) is 5.82 Å². The molecule has 0 fully saturated rings. The molecule has 0 amide bonds. The lowest BCUT2D eigenvalue weighted by Gasteiger charge is -2.08. The van der Waals surface area contributed by atoms with Gasteiger partial charge in [0.2, 0.25) is 0 Å². The van der Waals surface area contributed by atoms with E-state index in [1.165, 1.54) is 37.1 Å². The van der Waals surface area contributed by atoms with E-state index in [9.17, 15) is 14.3 Å². The van der Waals surface area contributed by atoms with E-state index in [1.54, 1.807) is 13.8 Å². The molecule has 1 unspecified atom stereocenters. The highest BCUT2D eigenvalue weighted by Crippen LogP contribution is 2.23. The SMILES string of the molecule is Cc1ncoc1C(O)c1ccc(F)cc1.Cc1ncoc1C=O. The van der Waals surface area contributed by atoms with Crippen molar-refractivity contribution in [2.24, 2.45) is 0 Å². The average Bonchev–Trinajstić information content (AvgIpc) is 3.16. The van der Waals surface area contributed by atoms with Gasteiger partial charge < -0.3 is 13.9 Å². The third kappa shape index (κ3) is 4.10. The third-order valence-electron chi connectivity index (χ3n) is 3.11. The van der Waals surface area contributed by atoms with Gasteiger partial charge in [-0.1, -0.05) is 12.1 Å². The molecule has 1 N–H and O–H groups in total. The number of aldehydes is 1. The molecule has 0 saturated carbocycles. The van der Waals surface area contributed by atoms with Gasteiger partial charge >= 0.3 is 0 Å². The summed E-state index contributed by atoms with van der Waals surface area (Å²) in [5, 5.41) is 9.90. The Labute approximate surface area is 131 Å². The Hall–Kier alpha value is -2.80. The number of aliphatic hydroxyl groups excluding tert-OH is 1. The van der Waals surface area contributed by atoms with Crippen molar-refractivity contribution in [3.05, 3.63) is 71.3 Å². The highest BCUT2D eigenvalue weighted by atomic mass is 19.1. The molecule has 23 heavy (non-hydrogen) atoms. The number of halogens is 1. The van der Waals surface area contributed by atoms with Crippen LogP contribution in [0.2, 0.25) is 0 Å². The Bertz CT molecular complexity index is 764. The van der Waals surface area contributed by atoms with Crippen molar-refractivity contribution in [3.63, 3.8) is 0 Å². The number of hydrogen-bond acceptors (Lipinski definition) is 6. The maximum atomic E-state index is 12.7. The van der Waals surface area contributed by atoms with E-state index in [2.05, 4.69) is 14.4 Å². The van der Waals surface area contributed by atoms with Crippen molar-refractivity contribution in [2.75, 3.05) is 0 Å². The molecule has 7 heteroatoms. The van der Waals surface area contributed by atoms with Crippen LogP contribution in [0.15, 0.2) is 45.9 Å². The van der Waals surface area contributed by atoms with Crippen molar-refractivity contribution in [1.82, 2.24) is 9.97 Å². The lowest BCUT2D eigenvalue weighted by Crippen LogP contribution is -2.00. The van der Waals surface area contributed by atoms with E-state index in [1.807, 2.05) is 0 Å². The molecule has 6 nitrogen and oxygen atoms in total. The number of aryl methyl sites for hydroxylation is 2. The molecule has 3 aromatic rings. The van der Waals surface area contributed by atoms with Gasteiger partial charge in [-0.05, 0) is 31.5 Å². The van der Waals surface area contributed by atoms with Crippen LogP contribution in [0.5, 0.6) is 0 Å². The van der Waals surface area contributed by atoms with Crippen LogP contribution in [0.1, 0.15) is 39.4 Å². The lowest BCUT2D eigenvalue weighted by atomic mass is 10.1. The molecule has 0 aliphatic rings. The first kappa shape index (κ1) is 16.6. The molecular weight excluding hydrogens is 303 g/mol. The van der Waals surface area contributed by atoms with Crippen LogP contribution in [-0.4, -0.2) is 21.4 Å². The van der Waals surface area contributed by atoms with Crippen LogP contribution in [0.3, 0.4) is 0 Å². The molecule has 1 aromatic carbocycles. The number of oxazole rings is 2. The Balaban J connectivity index is 0.000000203. The Morgan fingerprint density at radius 1 is 1.09 bits per heavy atom. The largest absolute Gasteiger partial charge is 0.445 e. The van der Waals surface area contributed by atoms with Crippen LogP contribution >= 0.6 is 0 Å². The molecule has 2 heterocycles. The summed E-state index contributed by atoms with van der Waals surface area (Å²) in [6.45, 7) is 3.46. The summed E-state index contributed by atoms with van der Waals surface area (Å²) in [5.74, 6) is 0.367. The minimum Gasteiger partial charge on any atom is -0.445 e. The Morgan fingerprint density at radius 3 is 2.13 bits per heavy atom. The molecule has 120 valence electrons. The number of hydrogen-bond donors (Lipinski definition) is 1. The minimum atomic E-state index is -0.895. The quantitative estimate of drug-likeness (QED) is 0.747. The first-order valence-corrected chi connectivity index (χ1v) is 6.71. The smallest absolute Gasteiger partial charge is 0.189 e. The summed E-state index contributed by atoms with van der Waals surface area (Å²) >= 11 is 0. The first-order valence-electron chi connectivity index (χ1n) is 6.71. The van der Waals surface area contributed by atoms with Crippen LogP contribution in [-0.2, 0) is 0 Å². The van der Waals surface area contributed by atoms with Gasteiger partial charge in [-0.15, -0.1) is 0 Å². The molecule has 0 saturated heterocycles. The second-order valence-corrected chi connectivity index (χ2v) is 4.68.